The maximum absolute atomic E-state index is 13.0. The second-order valence-electron chi connectivity index (χ2n) is 7.59. The number of nitrogens with zero attached hydrogens (tertiary/aromatic N) is 2. The average Bonchev–Trinajstić information content (AvgIpc) is 3.18. The molecule has 0 bridgehead atoms. The molecule has 0 aliphatic carbocycles. The van der Waals surface area contributed by atoms with E-state index in [1.807, 2.05) is 30.3 Å². The highest BCUT2D eigenvalue weighted by Gasteiger charge is 2.30. The van der Waals surface area contributed by atoms with Gasteiger partial charge in [-0.25, -0.2) is 9.48 Å². The van der Waals surface area contributed by atoms with Crippen LogP contribution in [0.1, 0.15) is 11.1 Å². The summed E-state index contributed by atoms with van der Waals surface area (Å²) in [6.07, 6.45) is -4.47. The molecule has 4 rings (SSSR count). The number of urea groups is 1. The molecule has 180 valence electrons. The Morgan fingerprint density at radius 3 is 2.26 bits per heavy atom. The Kier molecular flexibility index (Phi) is 6.63. The van der Waals surface area contributed by atoms with Crippen molar-refractivity contribution in [3.8, 4) is 22.7 Å². The van der Waals surface area contributed by atoms with Crippen molar-refractivity contribution in [3.05, 3.63) is 90.0 Å². The number of amides is 2. The minimum atomic E-state index is -4.47. The van der Waals surface area contributed by atoms with Crippen LogP contribution >= 0.6 is 0 Å². The molecule has 0 aliphatic heterocycles. The average molecular weight is 481 g/mol. The molecule has 2 amide bonds. The Bertz CT molecular complexity index is 1300. The number of carbonyl (C=O) groups is 1. The Morgan fingerprint density at radius 2 is 1.66 bits per heavy atom. The van der Waals surface area contributed by atoms with Crippen LogP contribution in [-0.4, -0.2) is 22.9 Å². The zero-order valence-corrected chi connectivity index (χ0v) is 18.6. The van der Waals surface area contributed by atoms with Gasteiger partial charge in [-0.1, -0.05) is 30.3 Å². The number of nitrogens with two attached hydrogens (primary N) is 1. The standard InChI is InChI=1S/C25H22F3N5O2/c1-35-20-13-7-17(8-14-20)21-22(31-24(34)30-15-16-5-3-2-4-6-16)23(29)33(32-21)19-11-9-18(10-12-19)25(26,27)28/h2-14H,15,29H2,1H3,(H2,30,31,34). The number of anilines is 2. The normalized spacial score (nSPS) is 11.2. The van der Waals surface area contributed by atoms with E-state index in [0.29, 0.717) is 22.7 Å². The smallest absolute Gasteiger partial charge is 0.416 e. The van der Waals surface area contributed by atoms with Crippen LogP contribution in [0.5, 0.6) is 5.75 Å². The fourth-order valence-corrected chi connectivity index (χ4v) is 3.43. The van der Waals surface area contributed by atoms with E-state index in [9.17, 15) is 18.0 Å². The summed E-state index contributed by atoms with van der Waals surface area (Å²) in [5.74, 6) is 0.685. The third kappa shape index (κ3) is 5.37. The summed E-state index contributed by atoms with van der Waals surface area (Å²) < 4.78 is 45.4. The number of hydrogen-bond donors (Lipinski definition) is 3. The first kappa shape index (κ1) is 23.7. The largest absolute Gasteiger partial charge is 0.497 e. The van der Waals surface area contributed by atoms with Gasteiger partial charge < -0.3 is 21.1 Å². The first-order valence-corrected chi connectivity index (χ1v) is 10.6. The van der Waals surface area contributed by atoms with E-state index >= 15 is 0 Å². The van der Waals surface area contributed by atoms with Gasteiger partial charge in [0.25, 0.3) is 0 Å². The lowest BCUT2D eigenvalue weighted by atomic mass is 10.1. The van der Waals surface area contributed by atoms with E-state index in [1.165, 1.54) is 23.9 Å². The van der Waals surface area contributed by atoms with Crippen LogP contribution in [0, 0.1) is 0 Å². The molecular weight excluding hydrogens is 459 g/mol. The summed E-state index contributed by atoms with van der Waals surface area (Å²) in [6, 6.07) is 20.2. The lowest BCUT2D eigenvalue weighted by molar-refractivity contribution is -0.137. The molecule has 0 atom stereocenters. The molecule has 0 fully saturated rings. The van der Waals surface area contributed by atoms with Gasteiger partial charge in [-0.3, -0.25) is 0 Å². The molecule has 10 heteroatoms. The van der Waals surface area contributed by atoms with Gasteiger partial charge in [-0.2, -0.15) is 18.3 Å². The molecule has 3 aromatic carbocycles. The lowest BCUT2D eigenvalue weighted by Crippen LogP contribution is -2.28. The molecule has 0 saturated carbocycles. The summed E-state index contributed by atoms with van der Waals surface area (Å²) in [7, 11) is 1.54. The van der Waals surface area contributed by atoms with E-state index in [-0.39, 0.29) is 18.1 Å². The molecule has 0 saturated heterocycles. The van der Waals surface area contributed by atoms with Crippen LogP contribution in [-0.2, 0) is 12.7 Å². The van der Waals surface area contributed by atoms with Crippen molar-refractivity contribution in [2.24, 2.45) is 0 Å². The van der Waals surface area contributed by atoms with Gasteiger partial charge in [0.1, 0.15) is 17.1 Å². The van der Waals surface area contributed by atoms with Crippen molar-refractivity contribution in [3.63, 3.8) is 0 Å². The van der Waals surface area contributed by atoms with Crippen LogP contribution in [0.2, 0.25) is 0 Å². The third-order valence-electron chi connectivity index (χ3n) is 5.26. The van der Waals surface area contributed by atoms with E-state index in [2.05, 4.69) is 15.7 Å². The number of nitrogen functional groups attached to an aromatic ring is 1. The molecule has 4 aromatic rings. The fourth-order valence-electron chi connectivity index (χ4n) is 3.43. The molecule has 0 spiro atoms. The number of ether oxygens (including phenoxy) is 1. The van der Waals surface area contributed by atoms with Gasteiger partial charge in [0.15, 0.2) is 5.82 Å². The van der Waals surface area contributed by atoms with Crippen LogP contribution < -0.4 is 21.1 Å². The number of rotatable bonds is 6. The summed E-state index contributed by atoms with van der Waals surface area (Å²) in [5, 5.41) is 9.99. The maximum atomic E-state index is 13.0. The zero-order chi connectivity index (χ0) is 25.0. The predicted octanol–water partition coefficient (Wildman–Crippen LogP) is 5.47. The van der Waals surface area contributed by atoms with Gasteiger partial charge in [0.05, 0.1) is 18.4 Å². The van der Waals surface area contributed by atoms with Crippen molar-refractivity contribution in [1.82, 2.24) is 15.1 Å². The van der Waals surface area contributed by atoms with Gasteiger partial charge in [0.2, 0.25) is 0 Å². The maximum Gasteiger partial charge on any atom is 0.416 e. The highest BCUT2D eigenvalue weighted by molar-refractivity contribution is 5.97. The molecule has 0 unspecified atom stereocenters. The number of aromatic nitrogens is 2. The molecule has 4 N–H and O–H groups in total. The third-order valence-corrected chi connectivity index (χ3v) is 5.26. The minimum Gasteiger partial charge on any atom is -0.497 e. The van der Waals surface area contributed by atoms with Crippen molar-refractivity contribution in [2.75, 3.05) is 18.2 Å². The van der Waals surface area contributed by atoms with Crippen molar-refractivity contribution in [2.45, 2.75) is 12.7 Å². The Morgan fingerprint density at radius 1 is 1.00 bits per heavy atom. The summed E-state index contributed by atoms with van der Waals surface area (Å²) in [6.45, 7) is 0.289. The molecule has 1 heterocycles. The van der Waals surface area contributed by atoms with Crippen molar-refractivity contribution >= 4 is 17.5 Å². The first-order chi connectivity index (χ1) is 16.8. The van der Waals surface area contributed by atoms with Crippen LogP contribution in [0.3, 0.4) is 0 Å². The zero-order valence-electron chi connectivity index (χ0n) is 18.6. The molecular formula is C25H22F3N5O2. The van der Waals surface area contributed by atoms with Crippen molar-refractivity contribution < 1.29 is 22.7 Å². The first-order valence-electron chi connectivity index (χ1n) is 10.6. The fraction of sp³-hybridized carbons (Fsp3) is 0.120. The highest BCUT2D eigenvalue weighted by Crippen LogP contribution is 2.36. The quantitative estimate of drug-likeness (QED) is 0.340. The number of nitrogens with one attached hydrogen (secondary N) is 2. The molecule has 0 radical (unpaired) electrons. The number of carbonyl (C=O) groups excluding carboxylic acids is 1. The van der Waals surface area contributed by atoms with E-state index in [0.717, 1.165) is 17.7 Å². The Balaban J connectivity index is 1.67. The number of methoxy groups -OCH3 is 1. The van der Waals surface area contributed by atoms with E-state index in [4.69, 9.17) is 10.5 Å². The SMILES string of the molecule is COc1ccc(-c2nn(-c3ccc(C(F)(F)F)cc3)c(N)c2NC(=O)NCc2ccccc2)cc1. The monoisotopic (exact) mass is 481 g/mol. The molecule has 0 aliphatic rings. The topological polar surface area (TPSA) is 94.2 Å². The molecule has 1 aromatic heterocycles. The van der Waals surface area contributed by atoms with Crippen LogP contribution in [0.25, 0.3) is 16.9 Å². The number of hydrogen-bond acceptors (Lipinski definition) is 4. The lowest BCUT2D eigenvalue weighted by Gasteiger charge is -2.10. The minimum absolute atomic E-state index is 0.0606. The summed E-state index contributed by atoms with van der Waals surface area (Å²) in [5.41, 5.74) is 7.94. The molecule has 7 nitrogen and oxygen atoms in total. The summed E-state index contributed by atoms with van der Waals surface area (Å²) >= 11 is 0. The number of benzene rings is 3. The second kappa shape index (κ2) is 9.80. The van der Waals surface area contributed by atoms with E-state index < -0.39 is 17.8 Å². The van der Waals surface area contributed by atoms with Crippen LogP contribution in [0.4, 0.5) is 29.5 Å². The Hall–Kier alpha value is -4.47. The van der Waals surface area contributed by atoms with Gasteiger partial charge in [-0.15, -0.1) is 0 Å². The molecule has 35 heavy (non-hydrogen) atoms. The van der Waals surface area contributed by atoms with E-state index in [1.54, 1.807) is 24.3 Å². The second-order valence-corrected chi connectivity index (χ2v) is 7.59. The van der Waals surface area contributed by atoms with Crippen molar-refractivity contribution in [1.29, 1.82) is 0 Å². The Labute approximate surface area is 199 Å². The number of halogens is 3. The van der Waals surface area contributed by atoms with Crippen LogP contribution in [0.15, 0.2) is 78.9 Å². The summed E-state index contributed by atoms with van der Waals surface area (Å²) in [4.78, 5) is 12.7. The van der Waals surface area contributed by atoms with Gasteiger partial charge in [-0.05, 0) is 54.1 Å². The number of alkyl halides is 3. The highest BCUT2D eigenvalue weighted by atomic mass is 19.4. The predicted molar refractivity (Wildman–Crippen MR) is 127 cm³/mol. The van der Waals surface area contributed by atoms with Gasteiger partial charge in [0, 0.05) is 12.1 Å². The van der Waals surface area contributed by atoms with Gasteiger partial charge >= 0.3 is 12.2 Å².